The summed E-state index contributed by atoms with van der Waals surface area (Å²) in [4.78, 5) is 40.2. The highest BCUT2D eigenvalue weighted by atomic mass is 35.5. The van der Waals surface area contributed by atoms with Crippen molar-refractivity contribution in [3.63, 3.8) is 0 Å². The standard InChI is InChI=1S/C23H25ClN2O10/c1-21(33)7-6-22(34)17(26(2)3)16(29)12(20(25)32)19(31)23(22,35)18(30)10(7)15(28)11-8(27)5-9(36-4)14(24)13(11)21/h5,7,17,27-28,31,33-35H,6H2,1-4H3,(H2,25,32)/t7-,17+,21+,22+,23-/m0/s1. The third kappa shape index (κ3) is 2.81. The van der Waals surface area contributed by atoms with E-state index in [0.29, 0.717) is 0 Å². The van der Waals surface area contributed by atoms with Crippen LogP contribution in [0.5, 0.6) is 11.5 Å². The van der Waals surface area contributed by atoms with Crippen LogP contribution in [0.25, 0.3) is 5.76 Å². The maximum atomic E-state index is 13.8. The molecule has 0 saturated heterocycles. The lowest BCUT2D eigenvalue weighted by molar-refractivity contribution is -0.210. The molecule has 4 rings (SSSR count). The van der Waals surface area contributed by atoms with Crippen molar-refractivity contribution in [2.75, 3.05) is 21.2 Å². The molecule has 1 aromatic rings. The largest absolute Gasteiger partial charge is 0.508 e. The Hall–Kier alpha value is -3.16. The number of ether oxygens (including phenoxy) is 1. The van der Waals surface area contributed by atoms with E-state index in [4.69, 9.17) is 22.1 Å². The van der Waals surface area contributed by atoms with Crippen molar-refractivity contribution in [3.05, 3.63) is 39.1 Å². The average molecular weight is 525 g/mol. The van der Waals surface area contributed by atoms with Gasteiger partial charge >= 0.3 is 0 Å². The molecule has 1 fully saturated rings. The van der Waals surface area contributed by atoms with Crippen LogP contribution in [0.1, 0.15) is 24.5 Å². The zero-order valence-electron chi connectivity index (χ0n) is 19.7. The second-order valence-corrected chi connectivity index (χ2v) is 9.99. The molecule has 0 spiro atoms. The molecule has 0 unspecified atom stereocenters. The third-order valence-electron chi connectivity index (χ3n) is 7.46. The number of rotatable bonds is 3. The summed E-state index contributed by atoms with van der Waals surface area (Å²) in [6.07, 6.45) is -0.778. The molecule has 13 heteroatoms. The van der Waals surface area contributed by atoms with Gasteiger partial charge in [-0.2, -0.15) is 0 Å². The van der Waals surface area contributed by atoms with Gasteiger partial charge in [-0.05, 0) is 27.4 Å². The Labute approximate surface area is 209 Å². The molecule has 5 atom stereocenters. The lowest BCUT2D eigenvalue weighted by Gasteiger charge is -2.57. The summed E-state index contributed by atoms with van der Waals surface area (Å²) in [5.41, 5.74) is -5.49. The second-order valence-electron chi connectivity index (χ2n) is 9.61. The Bertz CT molecular complexity index is 1320. The molecule has 8 N–H and O–H groups in total. The number of Topliss-reactive ketones (excluding diaryl/α,β-unsaturated/α-hetero) is 2. The summed E-state index contributed by atoms with van der Waals surface area (Å²) in [7, 11) is 3.89. The number of likely N-dealkylation sites (N-methyl/N-ethyl adjacent to an activating group) is 1. The summed E-state index contributed by atoms with van der Waals surface area (Å²) in [6.45, 7) is 1.20. The molecule has 36 heavy (non-hydrogen) atoms. The lowest BCUT2D eigenvalue weighted by atomic mass is 9.52. The summed E-state index contributed by atoms with van der Waals surface area (Å²) in [5, 5.41) is 67.4. The van der Waals surface area contributed by atoms with Gasteiger partial charge in [-0.3, -0.25) is 19.3 Å². The van der Waals surface area contributed by atoms with Crippen LogP contribution in [0.2, 0.25) is 5.02 Å². The number of methoxy groups -OCH3 is 1. The van der Waals surface area contributed by atoms with Gasteiger partial charge in [0.25, 0.3) is 5.91 Å². The van der Waals surface area contributed by atoms with Crippen molar-refractivity contribution in [3.8, 4) is 11.5 Å². The van der Waals surface area contributed by atoms with Crippen molar-refractivity contribution in [2.45, 2.75) is 36.2 Å². The molecule has 0 radical (unpaired) electrons. The zero-order chi connectivity index (χ0) is 27.3. The molecule has 1 aromatic carbocycles. The first-order chi connectivity index (χ1) is 16.5. The van der Waals surface area contributed by atoms with Gasteiger partial charge < -0.3 is 41.1 Å². The highest BCUT2D eigenvalue weighted by Crippen LogP contribution is 2.60. The number of aromatic hydroxyl groups is 1. The molecule has 0 aliphatic heterocycles. The summed E-state index contributed by atoms with van der Waals surface area (Å²) in [6, 6.07) is -0.740. The number of phenolic OH excluding ortho intramolecular Hbond substituents is 1. The average Bonchev–Trinajstić information content (AvgIpc) is 2.75. The first-order valence-electron chi connectivity index (χ1n) is 10.7. The molecular formula is C23H25ClN2O10. The van der Waals surface area contributed by atoms with Gasteiger partial charge in [0.15, 0.2) is 11.5 Å². The number of aliphatic hydroxyl groups is 5. The van der Waals surface area contributed by atoms with E-state index in [2.05, 4.69) is 0 Å². The molecule has 194 valence electrons. The fourth-order valence-electron chi connectivity index (χ4n) is 5.83. The second kappa shape index (κ2) is 7.67. The minimum absolute atomic E-state index is 0.0625. The van der Waals surface area contributed by atoms with Crippen molar-refractivity contribution >= 4 is 34.8 Å². The number of nitrogens with two attached hydrogens (primary N) is 1. The number of ketones is 2. The van der Waals surface area contributed by atoms with Crippen molar-refractivity contribution < 1.29 is 49.8 Å². The number of phenols is 1. The summed E-state index contributed by atoms with van der Waals surface area (Å²) >= 11 is 6.41. The van der Waals surface area contributed by atoms with Gasteiger partial charge in [-0.1, -0.05) is 11.6 Å². The van der Waals surface area contributed by atoms with Gasteiger partial charge in [0.05, 0.1) is 23.3 Å². The number of benzene rings is 1. The van der Waals surface area contributed by atoms with E-state index in [-0.39, 0.29) is 16.3 Å². The molecule has 0 bridgehead atoms. The number of amides is 1. The number of halogens is 1. The lowest BCUT2D eigenvalue weighted by Crippen LogP contribution is -2.77. The van der Waals surface area contributed by atoms with Crippen LogP contribution in [0.3, 0.4) is 0 Å². The van der Waals surface area contributed by atoms with Crippen molar-refractivity contribution in [2.24, 2.45) is 11.7 Å². The molecule has 3 aliphatic carbocycles. The van der Waals surface area contributed by atoms with E-state index in [1.54, 1.807) is 0 Å². The van der Waals surface area contributed by atoms with Gasteiger partial charge in [-0.15, -0.1) is 0 Å². The Morgan fingerprint density at radius 1 is 1.19 bits per heavy atom. The van der Waals surface area contributed by atoms with Crippen LogP contribution in [0, 0.1) is 5.92 Å². The minimum Gasteiger partial charge on any atom is -0.508 e. The van der Waals surface area contributed by atoms with Crippen molar-refractivity contribution in [1.29, 1.82) is 0 Å². The van der Waals surface area contributed by atoms with Crippen LogP contribution in [0.4, 0.5) is 0 Å². The normalized spacial score (nSPS) is 33.9. The quantitative estimate of drug-likeness (QED) is 0.248. The van der Waals surface area contributed by atoms with Crippen molar-refractivity contribution in [1.82, 2.24) is 4.90 Å². The highest BCUT2D eigenvalue weighted by Gasteiger charge is 2.74. The van der Waals surface area contributed by atoms with E-state index in [1.807, 2.05) is 0 Å². The Morgan fingerprint density at radius 3 is 2.28 bits per heavy atom. The molecule has 0 aromatic heterocycles. The third-order valence-corrected chi connectivity index (χ3v) is 7.83. The Morgan fingerprint density at radius 2 is 1.78 bits per heavy atom. The molecule has 0 heterocycles. The molecule has 3 aliphatic rings. The van der Waals surface area contributed by atoms with Gasteiger partial charge in [-0.25, -0.2) is 0 Å². The Kier molecular flexibility index (Phi) is 5.52. The zero-order valence-corrected chi connectivity index (χ0v) is 20.4. The molecule has 12 nitrogen and oxygen atoms in total. The number of hydrogen-bond acceptors (Lipinski definition) is 11. The van der Waals surface area contributed by atoms with Crippen LogP contribution < -0.4 is 10.5 Å². The number of primary amides is 1. The SMILES string of the molecule is COc1cc(O)c2c(c1Cl)[C@](C)(O)[C@H]1C[C@@]3(O)[C@H](N(C)C)C(=O)C(C(N)=O)=C(O)[C@@]3(O)C(=O)C1=C2O. The van der Waals surface area contributed by atoms with E-state index in [1.165, 1.54) is 28.1 Å². The number of carbonyl (C=O) groups excluding carboxylic acids is 3. The van der Waals surface area contributed by atoms with E-state index < -0.39 is 86.6 Å². The molecular weight excluding hydrogens is 500 g/mol. The number of carbonyl (C=O) groups is 3. The van der Waals surface area contributed by atoms with Crippen LogP contribution in [0.15, 0.2) is 23.0 Å². The smallest absolute Gasteiger partial charge is 0.255 e. The first-order valence-corrected chi connectivity index (χ1v) is 11.1. The van der Waals surface area contributed by atoms with Crippen LogP contribution in [-0.4, -0.2) is 91.5 Å². The van der Waals surface area contributed by atoms with E-state index in [9.17, 15) is 45.0 Å². The van der Waals surface area contributed by atoms with E-state index >= 15 is 0 Å². The minimum atomic E-state index is -3.32. The van der Waals surface area contributed by atoms with Crippen LogP contribution in [-0.2, 0) is 20.0 Å². The summed E-state index contributed by atoms with van der Waals surface area (Å²) in [5.74, 6) is -8.69. The number of aliphatic hydroxyl groups excluding tert-OH is 2. The van der Waals surface area contributed by atoms with Gasteiger partial charge in [0.1, 0.15) is 34.5 Å². The highest BCUT2D eigenvalue weighted by molar-refractivity contribution is 6.33. The fourth-order valence-corrected chi connectivity index (χ4v) is 6.25. The number of hydrogen-bond donors (Lipinski definition) is 7. The van der Waals surface area contributed by atoms with Gasteiger partial charge in [0.2, 0.25) is 11.4 Å². The van der Waals surface area contributed by atoms with Gasteiger partial charge in [0, 0.05) is 23.1 Å². The maximum Gasteiger partial charge on any atom is 0.255 e. The first kappa shape index (κ1) is 25.9. The Balaban J connectivity index is 2.13. The molecule has 1 saturated carbocycles. The topological polar surface area (TPSA) is 211 Å². The maximum absolute atomic E-state index is 13.8. The van der Waals surface area contributed by atoms with E-state index in [0.717, 1.165) is 11.0 Å². The predicted molar refractivity (Wildman–Crippen MR) is 123 cm³/mol. The van der Waals surface area contributed by atoms with Crippen LogP contribution >= 0.6 is 11.6 Å². The summed E-state index contributed by atoms with van der Waals surface area (Å²) < 4.78 is 5.12. The number of fused-ring (bicyclic) bond motifs is 3. The number of nitrogens with zero attached hydrogens (tertiary/aromatic N) is 1. The monoisotopic (exact) mass is 524 g/mol. The molecule has 1 amide bonds. The fraction of sp³-hybridized carbons (Fsp3) is 0.435. The predicted octanol–water partition coefficient (Wildman–Crippen LogP) is -0.594.